The summed E-state index contributed by atoms with van der Waals surface area (Å²) in [6.45, 7) is 1.46. The molecule has 1 aromatic rings. The van der Waals surface area contributed by atoms with Crippen LogP contribution in [-0.4, -0.2) is 46.2 Å². The van der Waals surface area contributed by atoms with Crippen LogP contribution >= 0.6 is 11.8 Å². The number of rotatable bonds is 5. The number of carboxylic acids is 1. The summed E-state index contributed by atoms with van der Waals surface area (Å²) in [5.41, 5.74) is 0.955. The molecule has 6 heteroatoms. The summed E-state index contributed by atoms with van der Waals surface area (Å²) in [5, 5.41) is 8.82. The lowest BCUT2D eigenvalue weighted by atomic mass is 10.2. The maximum Gasteiger partial charge on any atom is 0.410 e. The van der Waals surface area contributed by atoms with Gasteiger partial charge in [-0.2, -0.15) is 0 Å². The molecule has 5 nitrogen and oxygen atoms in total. The molecular weight excluding hydrogens is 278 g/mol. The van der Waals surface area contributed by atoms with Crippen LogP contribution in [0.5, 0.6) is 0 Å². The van der Waals surface area contributed by atoms with Crippen molar-refractivity contribution in [2.45, 2.75) is 18.3 Å². The first-order valence-corrected chi connectivity index (χ1v) is 7.49. The van der Waals surface area contributed by atoms with Crippen molar-refractivity contribution < 1.29 is 19.4 Å². The first-order chi connectivity index (χ1) is 9.65. The lowest BCUT2D eigenvalue weighted by Gasteiger charge is -2.16. The smallest absolute Gasteiger partial charge is 0.410 e. The Morgan fingerprint density at radius 3 is 2.80 bits per heavy atom. The fourth-order valence-corrected chi connectivity index (χ4v) is 2.97. The molecule has 20 heavy (non-hydrogen) atoms. The SMILES string of the molecule is O=C(O)CS[C@H]1CCN(C(=O)OCc2ccccc2)C1. The summed E-state index contributed by atoms with van der Waals surface area (Å²) in [7, 11) is 0. The largest absolute Gasteiger partial charge is 0.481 e. The standard InChI is InChI=1S/C14H17NO4S/c16-13(17)10-20-12-6-7-15(8-12)14(18)19-9-11-4-2-1-3-5-11/h1-5,12H,6-10H2,(H,16,17)/t12-/m0/s1. The van der Waals surface area contributed by atoms with Crippen molar-refractivity contribution >= 4 is 23.8 Å². The third kappa shape index (κ3) is 4.45. The van der Waals surface area contributed by atoms with Crippen molar-refractivity contribution in [3.05, 3.63) is 35.9 Å². The molecule has 0 saturated carbocycles. The molecule has 1 aliphatic rings. The van der Waals surface area contributed by atoms with Gasteiger partial charge in [-0.1, -0.05) is 30.3 Å². The van der Waals surface area contributed by atoms with Gasteiger partial charge in [-0.3, -0.25) is 4.79 Å². The fourth-order valence-electron chi connectivity index (χ4n) is 2.03. The van der Waals surface area contributed by atoms with Crippen molar-refractivity contribution in [3.63, 3.8) is 0 Å². The second-order valence-electron chi connectivity index (χ2n) is 4.60. The van der Waals surface area contributed by atoms with E-state index in [1.807, 2.05) is 30.3 Å². The minimum absolute atomic E-state index is 0.0809. The van der Waals surface area contributed by atoms with Gasteiger partial charge in [0, 0.05) is 18.3 Å². The van der Waals surface area contributed by atoms with E-state index in [2.05, 4.69) is 0 Å². The van der Waals surface area contributed by atoms with Crippen molar-refractivity contribution in [2.24, 2.45) is 0 Å². The molecule has 0 aliphatic carbocycles. The van der Waals surface area contributed by atoms with E-state index in [1.54, 1.807) is 4.90 Å². The maximum atomic E-state index is 11.9. The number of carbonyl (C=O) groups is 2. The zero-order valence-corrected chi connectivity index (χ0v) is 11.8. The fraction of sp³-hybridized carbons (Fsp3) is 0.429. The summed E-state index contributed by atoms with van der Waals surface area (Å²) in [4.78, 5) is 24.0. The van der Waals surface area contributed by atoms with Gasteiger partial charge in [-0.05, 0) is 12.0 Å². The van der Waals surface area contributed by atoms with E-state index >= 15 is 0 Å². The molecule has 1 aliphatic heterocycles. The summed E-state index contributed by atoms with van der Waals surface area (Å²) in [6, 6.07) is 9.52. The predicted octanol–water partition coefficient (Wildman–Crippen LogP) is 2.22. The van der Waals surface area contributed by atoms with E-state index < -0.39 is 5.97 Å². The molecule has 0 unspecified atom stereocenters. The number of hydrogen-bond acceptors (Lipinski definition) is 4. The number of carbonyl (C=O) groups excluding carboxylic acids is 1. The Morgan fingerprint density at radius 2 is 2.10 bits per heavy atom. The van der Waals surface area contributed by atoms with Crippen LogP contribution in [0.3, 0.4) is 0 Å². The number of nitrogens with zero attached hydrogens (tertiary/aromatic N) is 1. The van der Waals surface area contributed by atoms with E-state index in [0.717, 1.165) is 12.0 Å². The van der Waals surface area contributed by atoms with Gasteiger partial charge in [0.25, 0.3) is 0 Å². The first kappa shape index (κ1) is 14.7. The number of aliphatic carboxylic acids is 1. The van der Waals surface area contributed by atoms with Gasteiger partial charge in [0.1, 0.15) is 6.61 Å². The van der Waals surface area contributed by atoms with E-state index in [4.69, 9.17) is 9.84 Å². The molecule has 1 fully saturated rings. The Bertz CT molecular complexity index is 466. The molecule has 1 aromatic carbocycles. The molecule has 108 valence electrons. The molecule has 1 N–H and O–H groups in total. The Labute approximate surface area is 121 Å². The van der Waals surface area contributed by atoms with Gasteiger partial charge in [-0.15, -0.1) is 11.8 Å². The van der Waals surface area contributed by atoms with E-state index in [0.29, 0.717) is 13.1 Å². The van der Waals surface area contributed by atoms with Gasteiger partial charge >= 0.3 is 12.1 Å². The van der Waals surface area contributed by atoms with Crippen LogP contribution in [-0.2, 0) is 16.1 Å². The molecule has 0 aromatic heterocycles. The zero-order valence-electron chi connectivity index (χ0n) is 11.0. The van der Waals surface area contributed by atoms with Crippen LogP contribution in [0.25, 0.3) is 0 Å². The zero-order chi connectivity index (χ0) is 14.4. The number of amides is 1. The molecule has 1 amide bonds. The predicted molar refractivity (Wildman–Crippen MR) is 76.7 cm³/mol. The van der Waals surface area contributed by atoms with Crippen LogP contribution in [0.2, 0.25) is 0 Å². The molecule has 1 heterocycles. The van der Waals surface area contributed by atoms with Crippen molar-refractivity contribution in [3.8, 4) is 0 Å². The number of hydrogen-bond donors (Lipinski definition) is 1. The Morgan fingerprint density at radius 1 is 1.35 bits per heavy atom. The van der Waals surface area contributed by atoms with Crippen molar-refractivity contribution in [2.75, 3.05) is 18.8 Å². The third-order valence-corrected chi connectivity index (χ3v) is 4.32. The Kier molecular flexibility index (Phi) is 5.29. The van der Waals surface area contributed by atoms with Gasteiger partial charge < -0.3 is 14.7 Å². The average molecular weight is 295 g/mol. The second kappa shape index (κ2) is 7.19. The molecule has 0 spiro atoms. The third-order valence-electron chi connectivity index (χ3n) is 3.05. The van der Waals surface area contributed by atoms with Gasteiger partial charge in [0.15, 0.2) is 0 Å². The highest BCUT2D eigenvalue weighted by atomic mass is 32.2. The number of thioether (sulfide) groups is 1. The minimum atomic E-state index is -0.819. The molecule has 0 bridgehead atoms. The summed E-state index contributed by atoms with van der Waals surface area (Å²) >= 11 is 1.38. The highest BCUT2D eigenvalue weighted by molar-refractivity contribution is 8.00. The Hall–Kier alpha value is -1.69. The van der Waals surface area contributed by atoms with E-state index in [-0.39, 0.29) is 23.7 Å². The number of likely N-dealkylation sites (tertiary alicyclic amines) is 1. The second-order valence-corrected chi connectivity index (χ2v) is 5.89. The first-order valence-electron chi connectivity index (χ1n) is 6.44. The number of ether oxygens (including phenoxy) is 1. The van der Waals surface area contributed by atoms with Crippen LogP contribution in [0.15, 0.2) is 30.3 Å². The van der Waals surface area contributed by atoms with Crippen LogP contribution < -0.4 is 0 Å². The number of benzene rings is 1. The molecule has 1 saturated heterocycles. The summed E-state index contributed by atoms with van der Waals surface area (Å²) in [5.74, 6) is -0.738. The summed E-state index contributed by atoms with van der Waals surface area (Å²) in [6.07, 6.45) is 0.491. The summed E-state index contributed by atoms with van der Waals surface area (Å²) < 4.78 is 5.25. The van der Waals surface area contributed by atoms with Crippen molar-refractivity contribution in [1.82, 2.24) is 4.90 Å². The lowest BCUT2D eigenvalue weighted by Crippen LogP contribution is -2.29. The topological polar surface area (TPSA) is 66.8 Å². The van der Waals surface area contributed by atoms with Gasteiger partial charge in [0.2, 0.25) is 0 Å². The molecule has 0 radical (unpaired) electrons. The van der Waals surface area contributed by atoms with Crippen LogP contribution in [0, 0.1) is 0 Å². The Balaban J connectivity index is 1.73. The van der Waals surface area contributed by atoms with E-state index in [1.165, 1.54) is 11.8 Å². The average Bonchev–Trinajstić information content (AvgIpc) is 2.92. The monoisotopic (exact) mass is 295 g/mol. The van der Waals surface area contributed by atoms with Crippen LogP contribution in [0.4, 0.5) is 4.79 Å². The van der Waals surface area contributed by atoms with Gasteiger partial charge in [-0.25, -0.2) is 4.79 Å². The maximum absolute atomic E-state index is 11.9. The number of carboxylic acid groups (broad SMARTS) is 1. The van der Waals surface area contributed by atoms with Crippen molar-refractivity contribution in [1.29, 1.82) is 0 Å². The van der Waals surface area contributed by atoms with Gasteiger partial charge in [0.05, 0.1) is 5.75 Å². The van der Waals surface area contributed by atoms with Crippen LogP contribution in [0.1, 0.15) is 12.0 Å². The lowest BCUT2D eigenvalue weighted by molar-refractivity contribution is -0.133. The molecule has 2 rings (SSSR count). The minimum Gasteiger partial charge on any atom is -0.481 e. The molecule has 1 atom stereocenters. The van der Waals surface area contributed by atoms with E-state index in [9.17, 15) is 9.59 Å². The normalized spacial score (nSPS) is 18.0. The highest BCUT2D eigenvalue weighted by Gasteiger charge is 2.27. The quantitative estimate of drug-likeness (QED) is 0.902. The highest BCUT2D eigenvalue weighted by Crippen LogP contribution is 2.23. The molecular formula is C14H17NO4S.